The monoisotopic (exact) mass is 300 g/mol. The van der Waals surface area contributed by atoms with E-state index in [1.807, 2.05) is 12.1 Å². The van der Waals surface area contributed by atoms with Gasteiger partial charge in [-0.3, -0.25) is 0 Å². The Morgan fingerprint density at radius 3 is 1.86 bits per heavy atom. The molecule has 2 aromatic carbocycles. The number of ether oxygens (including phenoxy) is 1. The fourth-order valence-electron chi connectivity index (χ4n) is 3.58. The van der Waals surface area contributed by atoms with Crippen molar-refractivity contribution in [2.45, 2.75) is 37.5 Å². The van der Waals surface area contributed by atoms with E-state index in [9.17, 15) is 0 Å². The van der Waals surface area contributed by atoms with Crippen molar-refractivity contribution in [3.8, 4) is 5.75 Å². The normalized spacial score (nSPS) is 17.4. The van der Waals surface area contributed by atoms with Crippen molar-refractivity contribution in [3.63, 3.8) is 0 Å². The Hall–Kier alpha value is -1.47. The molecule has 0 N–H and O–H groups in total. The van der Waals surface area contributed by atoms with Crippen LogP contribution in [-0.2, 0) is 5.41 Å². The van der Waals surface area contributed by atoms with Crippen LogP contribution in [0.15, 0.2) is 48.5 Å². The smallest absolute Gasteiger partial charge is 0.118 e. The fraction of sp³-hybridized carbons (Fsp3) is 0.368. The molecule has 2 aromatic rings. The first kappa shape index (κ1) is 14.5. The van der Waals surface area contributed by atoms with Gasteiger partial charge in [-0.25, -0.2) is 0 Å². The summed E-state index contributed by atoms with van der Waals surface area (Å²) in [6.07, 6.45) is 6.33. The van der Waals surface area contributed by atoms with E-state index in [1.54, 1.807) is 7.11 Å². The van der Waals surface area contributed by atoms with Gasteiger partial charge in [0.05, 0.1) is 7.11 Å². The van der Waals surface area contributed by atoms with E-state index < -0.39 is 0 Å². The molecule has 0 heterocycles. The quantitative estimate of drug-likeness (QED) is 0.717. The summed E-state index contributed by atoms with van der Waals surface area (Å²) < 4.78 is 5.29. The molecule has 0 saturated heterocycles. The zero-order valence-electron chi connectivity index (χ0n) is 12.4. The van der Waals surface area contributed by atoms with Crippen molar-refractivity contribution in [1.29, 1.82) is 0 Å². The molecule has 2 heteroatoms. The average molecular weight is 301 g/mol. The third-order valence-electron chi connectivity index (χ3n) is 4.75. The lowest BCUT2D eigenvalue weighted by Crippen LogP contribution is -2.30. The molecule has 1 nitrogen and oxygen atoms in total. The molecule has 1 fully saturated rings. The Morgan fingerprint density at radius 1 is 0.810 bits per heavy atom. The Bertz CT molecular complexity index is 580. The van der Waals surface area contributed by atoms with Gasteiger partial charge in [-0.05, 0) is 48.2 Å². The van der Waals surface area contributed by atoms with Gasteiger partial charge in [-0.15, -0.1) is 0 Å². The Kier molecular flexibility index (Phi) is 4.21. The van der Waals surface area contributed by atoms with Crippen molar-refractivity contribution in [2.75, 3.05) is 7.11 Å². The number of methoxy groups -OCH3 is 1. The molecule has 0 bridgehead atoms. The van der Waals surface area contributed by atoms with E-state index in [0.717, 1.165) is 10.8 Å². The number of hydrogen-bond donors (Lipinski definition) is 0. The SMILES string of the molecule is COc1ccc(C2(c3ccc(Cl)cc3)CCCCC2)cc1. The summed E-state index contributed by atoms with van der Waals surface area (Å²) in [5.41, 5.74) is 2.91. The molecule has 0 aromatic heterocycles. The van der Waals surface area contributed by atoms with E-state index in [4.69, 9.17) is 16.3 Å². The Labute approximate surface area is 131 Å². The van der Waals surface area contributed by atoms with Crippen LogP contribution < -0.4 is 4.74 Å². The first-order chi connectivity index (χ1) is 10.2. The second-order valence-electron chi connectivity index (χ2n) is 5.88. The zero-order valence-corrected chi connectivity index (χ0v) is 13.2. The van der Waals surface area contributed by atoms with Gasteiger partial charge in [0.15, 0.2) is 0 Å². The lowest BCUT2D eigenvalue weighted by Gasteiger charge is -2.38. The number of halogens is 1. The molecular formula is C19H21ClO. The van der Waals surface area contributed by atoms with Crippen molar-refractivity contribution < 1.29 is 4.74 Å². The second-order valence-corrected chi connectivity index (χ2v) is 6.31. The van der Waals surface area contributed by atoms with Crippen molar-refractivity contribution in [3.05, 3.63) is 64.7 Å². The molecule has 0 unspecified atom stereocenters. The number of hydrogen-bond acceptors (Lipinski definition) is 1. The van der Waals surface area contributed by atoms with Crippen molar-refractivity contribution in [2.24, 2.45) is 0 Å². The summed E-state index contributed by atoms with van der Waals surface area (Å²) in [5.74, 6) is 0.917. The number of benzene rings is 2. The van der Waals surface area contributed by atoms with Crippen molar-refractivity contribution >= 4 is 11.6 Å². The zero-order chi connectivity index (χ0) is 14.7. The lowest BCUT2D eigenvalue weighted by molar-refractivity contribution is 0.345. The maximum Gasteiger partial charge on any atom is 0.118 e. The molecule has 0 radical (unpaired) electrons. The summed E-state index contributed by atoms with van der Waals surface area (Å²) >= 11 is 6.07. The van der Waals surface area contributed by atoms with E-state index in [1.165, 1.54) is 43.2 Å². The van der Waals surface area contributed by atoms with Gasteiger partial charge < -0.3 is 4.74 Å². The first-order valence-corrected chi connectivity index (χ1v) is 8.03. The van der Waals surface area contributed by atoms with Crippen LogP contribution in [-0.4, -0.2) is 7.11 Å². The molecule has 0 atom stereocenters. The molecule has 1 saturated carbocycles. The summed E-state index contributed by atoms with van der Waals surface area (Å²) in [4.78, 5) is 0. The highest BCUT2D eigenvalue weighted by atomic mass is 35.5. The predicted octanol–water partition coefficient (Wildman–Crippen LogP) is 5.60. The highest BCUT2D eigenvalue weighted by Crippen LogP contribution is 2.45. The van der Waals surface area contributed by atoms with E-state index >= 15 is 0 Å². The van der Waals surface area contributed by atoms with Gasteiger partial charge in [0.2, 0.25) is 0 Å². The summed E-state index contributed by atoms with van der Waals surface area (Å²) in [7, 11) is 1.71. The van der Waals surface area contributed by atoms with Gasteiger partial charge in [0.25, 0.3) is 0 Å². The maximum atomic E-state index is 6.07. The van der Waals surface area contributed by atoms with Gasteiger partial charge in [0, 0.05) is 10.4 Å². The topological polar surface area (TPSA) is 9.23 Å². The van der Waals surface area contributed by atoms with Crippen LogP contribution in [0.2, 0.25) is 5.02 Å². The lowest BCUT2D eigenvalue weighted by atomic mass is 9.65. The Morgan fingerprint density at radius 2 is 1.33 bits per heavy atom. The third-order valence-corrected chi connectivity index (χ3v) is 5.00. The molecule has 3 rings (SSSR count). The van der Waals surface area contributed by atoms with Gasteiger partial charge in [-0.2, -0.15) is 0 Å². The predicted molar refractivity (Wildman–Crippen MR) is 88.3 cm³/mol. The fourth-order valence-corrected chi connectivity index (χ4v) is 3.70. The van der Waals surface area contributed by atoms with Crippen molar-refractivity contribution in [1.82, 2.24) is 0 Å². The highest BCUT2D eigenvalue weighted by Gasteiger charge is 2.35. The summed E-state index contributed by atoms with van der Waals surface area (Å²) in [5, 5.41) is 0.805. The van der Waals surface area contributed by atoms with E-state index in [0.29, 0.717) is 0 Å². The summed E-state index contributed by atoms with van der Waals surface area (Å²) in [6, 6.07) is 17.0. The standard InChI is InChI=1S/C19H21ClO/c1-21-18-11-7-16(8-12-18)19(13-3-2-4-14-19)15-5-9-17(20)10-6-15/h5-12H,2-4,13-14H2,1H3. The molecule has 1 aliphatic carbocycles. The van der Waals surface area contributed by atoms with Crippen LogP contribution in [0.5, 0.6) is 5.75 Å². The minimum atomic E-state index is 0.134. The minimum absolute atomic E-state index is 0.134. The van der Waals surface area contributed by atoms with Gasteiger partial charge in [-0.1, -0.05) is 55.1 Å². The van der Waals surface area contributed by atoms with Gasteiger partial charge in [0.1, 0.15) is 5.75 Å². The molecule has 21 heavy (non-hydrogen) atoms. The van der Waals surface area contributed by atoms with Crippen LogP contribution in [0.3, 0.4) is 0 Å². The molecule has 0 aliphatic heterocycles. The average Bonchev–Trinajstić information content (AvgIpc) is 2.56. The Balaban J connectivity index is 2.05. The molecule has 110 valence electrons. The third kappa shape index (κ3) is 2.80. The first-order valence-electron chi connectivity index (χ1n) is 7.65. The molecule has 0 spiro atoms. The molecular weight excluding hydrogens is 280 g/mol. The van der Waals surface area contributed by atoms with Crippen LogP contribution in [0.25, 0.3) is 0 Å². The van der Waals surface area contributed by atoms with E-state index in [2.05, 4.69) is 36.4 Å². The highest BCUT2D eigenvalue weighted by molar-refractivity contribution is 6.30. The number of rotatable bonds is 3. The largest absolute Gasteiger partial charge is 0.497 e. The van der Waals surface area contributed by atoms with Crippen LogP contribution in [0, 0.1) is 0 Å². The van der Waals surface area contributed by atoms with Crippen LogP contribution in [0.1, 0.15) is 43.2 Å². The molecule has 1 aliphatic rings. The van der Waals surface area contributed by atoms with Crippen LogP contribution >= 0.6 is 11.6 Å². The van der Waals surface area contributed by atoms with E-state index in [-0.39, 0.29) is 5.41 Å². The minimum Gasteiger partial charge on any atom is -0.497 e. The second kappa shape index (κ2) is 6.11. The molecule has 0 amide bonds. The van der Waals surface area contributed by atoms with Gasteiger partial charge >= 0.3 is 0 Å². The summed E-state index contributed by atoms with van der Waals surface area (Å²) in [6.45, 7) is 0. The van der Waals surface area contributed by atoms with Crippen LogP contribution in [0.4, 0.5) is 0 Å². The maximum absolute atomic E-state index is 6.07.